The van der Waals surface area contributed by atoms with Gasteiger partial charge in [-0.3, -0.25) is 4.79 Å². The maximum Gasteiger partial charge on any atom is 0.227 e. The molecule has 17 heavy (non-hydrogen) atoms. The summed E-state index contributed by atoms with van der Waals surface area (Å²) < 4.78 is 0. The Morgan fingerprint density at radius 3 is 2.59 bits per heavy atom. The van der Waals surface area contributed by atoms with Crippen LogP contribution in [-0.4, -0.2) is 30.4 Å². The van der Waals surface area contributed by atoms with Crippen molar-refractivity contribution >= 4 is 5.91 Å². The first-order valence-corrected chi connectivity index (χ1v) is 7.09. The lowest BCUT2D eigenvalue weighted by molar-refractivity contribution is -0.136. The van der Waals surface area contributed by atoms with Crippen LogP contribution in [0.3, 0.4) is 0 Å². The van der Waals surface area contributed by atoms with Gasteiger partial charge in [-0.1, -0.05) is 27.2 Å². The highest BCUT2D eigenvalue weighted by Crippen LogP contribution is 2.22. The van der Waals surface area contributed by atoms with Crippen LogP contribution < -0.4 is 5.73 Å². The number of carbonyl (C=O) groups excluding carboxylic acids is 1. The highest BCUT2D eigenvalue weighted by atomic mass is 16.2. The molecule has 0 aromatic carbocycles. The average Bonchev–Trinajstić information content (AvgIpc) is 2.54. The van der Waals surface area contributed by atoms with Gasteiger partial charge in [0.25, 0.3) is 0 Å². The van der Waals surface area contributed by atoms with Gasteiger partial charge in [0.2, 0.25) is 5.91 Å². The molecule has 1 aliphatic rings. The summed E-state index contributed by atoms with van der Waals surface area (Å²) >= 11 is 0. The molecule has 100 valence electrons. The third-order valence-electron chi connectivity index (χ3n) is 4.11. The molecule has 1 amide bonds. The third kappa shape index (κ3) is 3.98. The lowest BCUT2D eigenvalue weighted by Gasteiger charge is -2.27. The lowest BCUT2D eigenvalue weighted by Crippen LogP contribution is -2.41. The second kappa shape index (κ2) is 7.00. The Morgan fingerprint density at radius 2 is 2.06 bits per heavy atom. The van der Waals surface area contributed by atoms with Gasteiger partial charge in [0, 0.05) is 19.6 Å². The fourth-order valence-corrected chi connectivity index (χ4v) is 2.69. The van der Waals surface area contributed by atoms with Crippen molar-refractivity contribution in [1.82, 2.24) is 4.90 Å². The Kier molecular flexibility index (Phi) is 5.96. The fourth-order valence-electron chi connectivity index (χ4n) is 2.69. The average molecular weight is 240 g/mol. The molecule has 2 N–H and O–H groups in total. The van der Waals surface area contributed by atoms with Crippen LogP contribution in [0.15, 0.2) is 0 Å². The summed E-state index contributed by atoms with van der Waals surface area (Å²) in [6, 6.07) is 0. The van der Waals surface area contributed by atoms with Crippen LogP contribution in [0.25, 0.3) is 0 Å². The van der Waals surface area contributed by atoms with Crippen LogP contribution >= 0.6 is 0 Å². The van der Waals surface area contributed by atoms with Crippen LogP contribution in [0.4, 0.5) is 0 Å². The van der Waals surface area contributed by atoms with Gasteiger partial charge in [-0.25, -0.2) is 0 Å². The summed E-state index contributed by atoms with van der Waals surface area (Å²) in [6.45, 7) is 8.76. The summed E-state index contributed by atoms with van der Waals surface area (Å²) in [7, 11) is 0. The van der Waals surface area contributed by atoms with Crippen molar-refractivity contribution in [2.24, 2.45) is 23.5 Å². The molecule has 1 heterocycles. The number of nitrogens with two attached hydrogens (primary N) is 1. The number of carbonyl (C=O) groups is 1. The summed E-state index contributed by atoms with van der Waals surface area (Å²) in [5.41, 5.74) is 5.73. The Balaban J connectivity index is 2.57. The highest BCUT2D eigenvalue weighted by molar-refractivity contribution is 5.79. The molecule has 0 saturated carbocycles. The van der Waals surface area contributed by atoms with Crippen LogP contribution in [0, 0.1) is 17.8 Å². The zero-order valence-electron chi connectivity index (χ0n) is 11.6. The van der Waals surface area contributed by atoms with Gasteiger partial charge in [0.1, 0.15) is 0 Å². The molecule has 0 aromatic heterocycles. The summed E-state index contributed by atoms with van der Waals surface area (Å²) in [5, 5.41) is 0. The SMILES string of the molecule is CCC1CCCN(C(=O)C(CN)C(C)C)CC1. The summed E-state index contributed by atoms with van der Waals surface area (Å²) in [6.07, 6.45) is 4.83. The number of rotatable bonds is 4. The lowest BCUT2D eigenvalue weighted by atomic mass is 9.94. The summed E-state index contributed by atoms with van der Waals surface area (Å²) in [4.78, 5) is 14.4. The van der Waals surface area contributed by atoms with E-state index in [0.29, 0.717) is 12.5 Å². The molecule has 3 heteroatoms. The molecule has 2 unspecified atom stereocenters. The van der Waals surface area contributed by atoms with E-state index >= 15 is 0 Å². The zero-order valence-corrected chi connectivity index (χ0v) is 11.6. The first-order chi connectivity index (χ1) is 8.10. The number of hydrogen-bond donors (Lipinski definition) is 1. The molecular formula is C14H28N2O. The predicted octanol–water partition coefficient (Wildman–Crippen LogP) is 2.26. The molecule has 0 aromatic rings. The van der Waals surface area contributed by atoms with E-state index in [1.165, 1.54) is 12.8 Å². The first-order valence-electron chi connectivity index (χ1n) is 7.09. The van der Waals surface area contributed by atoms with E-state index in [0.717, 1.165) is 31.8 Å². The monoisotopic (exact) mass is 240 g/mol. The molecule has 3 nitrogen and oxygen atoms in total. The second-order valence-corrected chi connectivity index (χ2v) is 5.62. The normalized spacial score (nSPS) is 23.6. The van der Waals surface area contributed by atoms with Gasteiger partial charge in [-0.05, 0) is 31.1 Å². The van der Waals surface area contributed by atoms with Crippen molar-refractivity contribution in [3.63, 3.8) is 0 Å². The summed E-state index contributed by atoms with van der Waals surface area (Å²) in [5.74, 6) is 1.44. The smallest absolute Gasteiger partial charge is 0.227 e. The first kappa shape index (κ1) is 14.5. The number of hydrogen-bond acceptors (Lipinski definition) is 2. The van der Waals surface area contributed by atoms with E-state index in [1.54, 1.807) is 0 Å². The standard InChI is InChI=1S/C14H28N2O/c1-4-12-6-5-8-16(9-7-12)14(17)13(10-15)11(2)3/h11-13H,4-10,15H2,1-3H3. The van der Waals surface area contributed by atoms with Gasteiger partial charge < -0.3 is 10.6 Å². The van der Waals surface area contributed by atoms with Gasteiger partial charge in [0.05, 0.1) is 5.92 Å². The molecule has 0 spiro atoms. The molecule has 1 fully saturated rings. The Morgan fingerprint density at radius 1 is 1.35 bits per heavy atom. The Bertz CT molecular complexity index is 240. The maximum atomic E-state index is 12.4. The molecule has 1 aliphatic heterocycles. The van der Waals surface area contributed by atoms with E-state index in [4.69, 9.17) is 5.73 Å². The number of amides is 1. The molecule has 1 rings (SSSR count). The number of likely N-dealkylation sites (tertiary alicyclic amines) is 1. The fraction of sp³-hybridized carbons (Fsp3) is 0.929. The molecule has 0 radical (unpaired) electrons. The van der Waals surface area contributed by atoms with Crippen molar-refractivity contribution < 1.29 is 4.79 Å². The number of nitrogens with zero attached hydrogens (tertiary/aromatic N) is 1. The van der Waals surface area contributed by atoms with Crippen molar-refractivity contribution in [3.05, 3.63) is 0 Å². The maximum absolute atomic E-state index is 12.4. The van der Waals surface area contributed by atoms with Gasteiger partial charge >= 0.3 is 0 Å². The second-order valence-electron chi connectivity index (χ2n) is 5.62. The minimum absolute atomic E-state index is 0.00757. The van der Waals surface area contributed by atoms with Crippen molar-refractivity contribution in [2.75, 3.05) is 19.6 Å². The van der Waals surface area contributed by atoms with E-state index in [9.17, 15) is 4.79 Å². The van der Waals surface area contributed by atoms with E-state index in [-0.39, 0.29) is 11.8 Å². The van der Waals surface area contributed by atoms with E-state index in [2.05, 4.69) is 20.8 Å². The van der Waals surface area contributed by atoms with Crippen molar-refractivity contribution in [1.29, 1.82) is 0 Å². The minimum Gasteiger partial charge on any atom is -0.342 e. The van der Waals surface area contributed by atoms with Crippen LogP contribution in [0.2, 0.25) is 0 Å². The Labute approximate surface area is 106 Å². The molecule has 0 bridgehead atoms. The highest BCUT2D eigenvalue weighted by Gasteiger charge is 2.27. The Hall–Kier alpha value is -0.570. The van der Waals surface area contributed by atoms with Crippen molar-refractivity contribution in [3.8, 4) is 0 Å². The van der Waals surface area contributed by atoms with Gasteiger partial charge in [-0.15, -0.1) is 0 Å². The third-order valence-corrected chi connectivity index (χ3v) is 4.11. The van der Waals surface area contributed by atoms with Crippen LogP contribution in [0.5, 0.6) is 0 Å². The van der Waals surface area contributed by atoms with Gasteiger partial charge in [-0.2, -0.15) is 0 Å². The van der Waals surface area contributed by atoms with Crippen LogP contribution in [-0.2, 0) is 4.79 Å². The quantitative estimate of drug-likeness (QED) is 0.819. The molecule has 0 aliphatic carbocycles. The van der Waals surface area contributed by atoms with Crippen LogP contribution in [0.1, 0.15) is 46.5 Å². The largest absolute Gasteiger partial charge is 0.342 e. The molecule has 1 saturated heterocycles. The minimum atomic E-state index is 0.00757. The van der Waals surface area contributed by atoms with Gasteiger partial charge in [0.15, 0.2) is 0 Å². The van der Waals surface area contributed by atoms with E-state index < -0.39 is 0 Å². The zero-order chi connectivity index (χ0) is 12.8. The molecular weight excluding hydrogens is 212 g/mol. The predicted molar refractivity (Wildman–Crippen MR) is 71.6 cm³/mol. The van der Waals surface area contributed by atoms with Crippen molar-refractivity contribution in [2.45, 2.75) is 46.5 Å². The molecule has 2 atom stereocenters. The van der Waals surface area contributed by atoms with E-state index in [1.807, 2.05) is 4.90 Å². The topological polar surface area (TPSA) is 46.3 Å².